The molecule has 1 atom stereocenters. The van der Waals surface area contributed by atoms with Crippen LogP contribution in [0.25, 0.3) is 0 Å². The third-order valence-electron chi connectivity index (χ3n) is 4.03. The van der Waals surface area contributed by atoms with E-state index in [0.29, 0.717) is 5.92 Å². The molecule has 2 rings (SSSR count). The van der Waals surface area contributed by atoms with Crippen molar-refractivity contribution in [1.29, 1.82) is 0 Å². The lowest BCUT2D eigenvalue weighted by atomic mass is 10.0. The van der Waals surface area contributed by atoms with Gasteiger partial charge in [0.15, 0.2) is 6.61 Å². The van der Waals surface area contributed by atoms with Crippen LogP contribution in [0.2, 0.25) is 0 Å². The van der Waals surface area contributed by atoms with Gasteiger partial charge in [0.05, 0.1) is 0 Å². The van der Waals surface area contributed by atoms with E-state index in [2.05, 4.69) is 31.3 Å². The topological polar surface area (TPSA) is 38.3 Å². The van der Waals surface area contributed by atoms with Crippen molar-refractivity contribution < 1.29 is 9.53 Å². The molecule has 1 amide bonds. The molecule has 0 bridgehead atoms. The summed E-state index contributed by atoms with van der Waals surface area (Å²) in [5.74, 6) is 1.14. The molecule has 2 aromatic rings. The third kappa shape index (κ3) is 6.07. The second-order valence-corrected chi connectivity index (χ2v) is 6.51. The molecule has 128 valence electrons. The molecule has 0 fully saturated rings. The number of hydrogen-bond donors (Lipinski definition) is 1. The van der Waals surface area contributed by atoms with Crippen molar-refractivity contribution in [3.8, 4) is 5.75 Å². The molecule has 1 N–H and O–H groups in total. The molecule has 0 aliphatic rings. The summed E-state index contributed by atoms with van der Waals surface area (Å²) in [6, 6.07) is 18.4. The van der Waals surface area contributed by atoms with Crippen molar-refractivity contribution in [3.05, 3.63) is 65.7 Å². The zero-order valence-corrected chi connectivity index (χ0v) is 14.8. The predicted octanol–water partition coefficient (Wildman–Crippen LogP) is 4.33. The first-order valence-electron chi connectivity index (χ1n) is 8.60. The Bertz CT molecular complexity index is 620. The minimum atomic E-state index is -0.0801. The molecule has 0 spiro atoms. The Hall–Kier alpha value is -2.29. The second kappa shape index (κ2) is 9.11. The van der Waals surface area contributed by atoms with Gasteiger partial charge in [-0.1, -0.05) is 56.3 Å². The summed E-state index contributed by atoms with van der Waals surface area (Å²) in [7, 11) is 0. The molecule has 2 aromatic carbocycles. The van der Waals surface area contributed by atoms with Crippen LogP contribution in [0.1, 0.15) is 44.2 Å². The molecule has 0 radical (unpaired) electrons. The van der Waals surface area contributed by atoms with Crippen LogP contribution in [0.5, 0.6) is 5.75 Å². The van der Waals surface area contributed by atoms with E-state index in [4.69, 9.17) is 4.74 Å². The maximum Gasteiger partial charge on any atom is 0.258 e. The first-order chi connectivity index (χ1) is 11.5. The summed E-state index contributed by atoms with van der Waals surface area (Å²) in [4.78, 5) is 12.0. The average Bonchev–Trinajstić information content (AvgIpc) is 2.59. The van der Waals surface area contributed by atoms with Crippen molar-refractivity contribution in [2.24, 2.45) is 0 Å². The van der Waals surface area contributed by atoms with E-state index in [0.717, 1.165) is 18.6 Å². The van der Waals surface area contributed by atoms with Gasteiger partial charge in [-0.05, 0) is 48.9 Å². The van der Waals surface area contributed by atoms with Gasteiger partial charge in [-0.2, -0.15) is 0 Å². The monoisotopic (exact) mass is 325 g/mol. The molecular formula is C21H27NO2. The fourth-order valence-corrected chi connectivity index (χ4v) is 2.51. The number of ether oxygens (including phenoxy) is 1. The molecule has 1 unspecified atom stereocenters. The van der Waals surface area contributed by atoms with Crippen molar-refractivity contribution in [2.75, 3.05) is 6.61 Å². The average molecular weight is 325 g/mol. The molecule has 24 heavy (non-hydrogen) atoms. The summed E-state index contributed by atoms with van der Waals surface area (Å²) in [6.45, 7) is 6.38. The van der Waals surface area contributed by atoms with Crippen LogP contribution in [-0.4, -0.2) is 18.6 Å². The van der Waals surface area contributed by atoms with Gasteiger partial charge >= 0.3 is 0 Å². The first kappa shape index (κ1) is 18.1. The lowest BCUT2D eigenvalue weighted by Crippen LogP contribution is -2.36. The Kier molecular flexibility index (Phi) is 6.86. The van der Waals surface area contributed by atoms with Gasteiger partial charge in [-0.25, -0.2) is 0 Å². The van der Waals surface area contributed by atoms with E-state index in [1.54, 1.807) is 0 Å². The van der Waals surface area contributed by atoms with Gasteiger partial charge in [-0.3, -0.25) is 4.79 Å². The molecule has 0 aromatic heterocycles. The largest absolute Gasteiger partial charge is 0.484 e. The molecule has 3 nitrogen and oxygen atoms in total. The van der Waals surface area contributed by atoms with Gasteiger partial charge in [0.25, 0.3) is 5.91 Å². The number of carbonyl (C=O) groups excluding carboxylic acids is 1. The Labute approximate surface area is 145 Å². The number of rotatable bonds is 8. The molecule has 0 aliphatic heterocycles. The smallest absolute Gasteiger partial charge is 0.258 e. The standard InChI is InChI=1S/C21H27NO2/c1-16(2)19-11-13-20(14-12-19)24-15-21(23)22-17(3)9-10-18-7-5-4-6-8-18/h4-8,11-14,16-17H,9-10,15H2,1-3H3,(H,22,23). The van der Waals surface area contributed by atoms with E-state index >= 15 is 0 Å². The summed E-state index contributed by atoms with van der Waals surface area (Å²) >= 11 is 0. The van der Waals surface area contributed by atoms with Gasteiger partial charge in [0, 0.05) is 6.04 Å². The normalized spacial score (nSPS) is 12.0. The molecule has 0 saturated heterocycles. The number of aryl methyl sites for hydroxylation is 1. The molecule has 3 heteroatoms. The van der Waals surface area contributed by atoms with E-state index in [-0.39, 0.29) is 18.6 Å². The maximum absolute atomic E-state index is 12.0. The SMILES string of the molecule is CC(CCc1ccccc1)NC(=O)COc1ccc(C(C)C)cc1. The van der Waals surface area contributed by atoms with Crippen LogP contribution in [0.4, 0.5) is 0 Å². The number of nitrogens with one attached hydrogen (secondary N) is 1. The molecule has 0 saturated carbocycles. The maximum atomic E-state index is 12.0. The zero-order chi connectivity index (χ0) is 17.4. The van der Waals surface area contributed by atoms with Gasteiger partial charge in [0.1, 0.15) is 5.75 Å². The number of carbonyl (C=O) groups is 1. The fourth-order valence-electron chi connectivity index (χ4n) is 2.51. The van der Waals surface area contributed by atoms with Crippen LogP contribution in [0, 0.1) is 0 Å². The number of benzene rings is 2. The second-order valence-electron chi connectivity index (χ2n) is 6.51. The first-order valence-corrected chi connectivity index (χ1v) is 8.60. The zero-order valence-electron chi connectivity index (χ0n) is 14.8. The lowest BCUT2D eigenvalue weighted by Gasteiger charge is -2.14. The highest BCUT2D eigenvalue weighted by molar-refractivity contribution is 5.77. The summed E-state index contributed by atoms with van der Waals surface area (Å²) in [5.41, 5.74) is 2.56. The summed E-state index contributed by atoms with van der Waals surface area (Å²) < 4.78 is 5.55. The number of hydrogen-bond acceptors (Lipinski definition) is 2. The van der Waals surface area contributed by atoms with Crippen LogP contribution in [0.15, 0.2) is 54.6 Å². The summed E-state index contributed by atoms with van der Waals surface area (Å²) in [6.07, 6.45) is 1.87. The summed E-state index contributed by atoms with van der Waals surface area (Å²) in [5, 5.41) is 2.99. The van der Waals surface area contributed by atoms with Crippen molar-refractivity contribution in [2.45, 2.75) is 45.6 Å². The minimum Gasteiger partial charge on any atom is -0.484 e. The van der Waals surface area contributed by atoms with Gasteiger partial charge in [0.2, 0.25) is 0 Å². The van der Waals surface area contributed by atoms with Crippen LogP contribution in [-0.2, 0) is 11.2 Å². The van der Waals surface area contributed by atoms with Crippen molar-refractivity contribution in [3.63, 3.8) is 0 Å². The predicted molar refractivity (Wildman–Crippen MR) is 98.4 cm³/mol. The van der Waals surface area contributed by atoms with Crippen LogP contribution in [0.3, 0.4) is 0 Å². The highest BCUT2D eigenvalue weighted by atomic mass is 16.5. The van der Waals surface area contributed by atoms with E-state index in [1.165, 1.54) is 11.1 Å². The molecule has 0 heterocycles. The van der Waals surface area contributed by atoms with E-state index in [1.807, 2.05) is 49.4 Å². The highest BCUT2D eigenvalue weighted by Crippen LogP contribution is 2.18. The Morgan fingerprint density at radius 3 is 2.29 bits per heavy atom. The fraction of sp³-hybridized carbons (Fsp3) is 0.381. The minimum absolute atomic E-state index is 0.0523. The van der Waals surface area contributed by atoms with E-state index in [9.17, 15) is 4.79 Å². The molecular weight excluding hydrogens is 298 g/mol. The quantitative estimate of drug-likeness (QED) is 0.784. The lowest BCUT2D eigenvalue weighted by molar-refractivity contribution is -0.123. The van der Waals surface area contributed by atoms with Crippen molar-refractivity contribution >= 4 is 5.91 Å². The molecule has 0 aliphatic carbocycles. The van der Waals surface area contributed by atoms with Gasteiger partial charge < -0.3 is 10.1 Å². The Balaban J connectivity index is 1.70. The Morgan fingerprint density at radius 1 is 1.00 bits per heavy atom. The Morgan fingerprint density at radius 2 is 1.67 bits per heavy atom. The number of amides is 1. The van der Waals surface area contributed by atoms with Crippen molar-refractivity contribution in [1.82, 2.24) is 5.32 Å². The third-order valence-corrected chi connectivity index (χ3v) is 4.03. The van der Waals surface area contributed by atoms with Gasteiger partial charge in [-0.15, -0.1) is 0 Å². The van der Waals surface area contributed by atoms with E-state index < -0.39 is 0 Å². The highest BCUT2D eigenvalue weighted by Gasteiger charge is 2.08. The van der Waals surface area contributed by atoms with Crippen LogP contribution < -0.4 is 10.1 Å². The van der Waals surface area contributed by atoms with Crippen LogP contribution >= 0.6 is 0 Å².